The summed E-state index contributed by atoms with van der Waals surface area (Å²) in [7, 11) is 1.81. The van der Waals surface area contributed by atoms with Crippen LogP contribution >= 0.6 is 0 Å². The highest BCUT2D eigenvalue weighted by Gasteiger charge is 2.08. The molecule has 0 saturated carbocycles. The maximum absolute atomic E-state index is 10.6. The van der Waals surface area contributed by atoms with Crippen molar-refractivity contribution in [3.05, 3.63) is 24.2 Å². The summed E-state index contributed by atoms with van der Waals surface area (Å²) in [5.74, 6) is -0.881. The Bertz CT molecular complexity index is 490. The molecule has 2 aromatic rings. The van der Waals surface area contributed by atoms with Crippen LogP contribution in [0.4, 0.5) is 0 Å². The highest BCUT2D eigenvalue weighted by molar-refractivity contribution is 5.84. The Morgan fingerprint density at radius 2 is 2.43 bits per heavy atom. The highest BCUT2D eigenvalue weighted by atomic mass is 16.4. The van der Waals surface area contributed by atoms with Gasteiger partial charge in [0, 0.05) is 18.6 Å². The highest BCUT2D eigenvalue weighted by Crippen LogP contribution is 2.15. The smallest absolute Gasteiger partial charge is 0.309 e. The second kappa shape index (κ2) is 3.10. The predicted octanol–water partition coefficient (Wildman–Crippen LogP) is 0.595. The molecule has 0 unspecified atom stereocenters. The molecule has 72 valence electrons. The van der Waals surface area contributed by atoms with E-state index in [0.29, 0.717) is 5.69 Å². The van der Waals surface area contributed by atoms with Crippen molar-refractivity contribution >= 4 is 16.9 Å². The van der Waals surface area contributed by atoms with Gasteiger partial charge in [0.2, 0.25) is 0 Å². The van der Waals surface area contributed by atoms with Gasteiger partial charge in [-0.1, -0.05) is 0 Å². The fraction of sp³-hybridized carbons (Fsp3) is 0.222. The molecule has 2 aromatic heterocycles. The van der Waals surface area contributed by atoms with Gasteiger partial charge in [-0.3, -0.25) is 14.5 Å². The van der Waals surface area contributed by atoms with E-state index in [0.717, 1.165) is 10.9 Å². The molecule has 2 heterocycles. The molecular formula is C9H9N3O2. The molecule has 2 rings (SSSR count). The number of rotatable bonds is 2. The molecule has 0 atom stereocenters. The molecule has 5 heteroatoms. The van der Waals surface area contributed by atoms with Crippen LogP contribution in [0.1, 0.15) is 5.69 Å². The van der Waals surface area contributed by atoms with Gasteiger partial charge in [0.25, 0.3) is 0 Å². The number of fused-ring (bicyclic) bond motifs is 1. The van der Waals surface area contributed by atoms with Crippen LogP contribution < -0.4 is 0 Å². The summed E-state index contributed by atoms with van der Waals surface area (Å²) in [6, 6.07) is 1.81. The number of hydrogen-bond donors (Lipinski definition) is 1. The van der Waals surface area contributed by atoms with Crippen molar-refractivity contribution in [3.63, 3.8) is 0 Å². The van der Waals surface area contributed by atoms with Crippen LogP contribution in [0, 0.1) is 0 Å². The number of aryl methyl sites for hydroxylation is 1. The minimum atomic E-state index is -0.881. The van der Waals surface area contributed by atoms with E-state index in [1.54, 1.807) is 17.1 Å². The van der Waals surface area contributed by atoms with Crippen LogP contribution in [-0.4, -0.2) is 25.8 Å². The number of nitrogens with zero attached hydrogens (tertiary/aromatic N) is 3. The van der Waals surface area contributed by atoms with Crippen molar-refractivity contribution in [2.75, 3.05) is 0 Å². The maximum atomic E-state index is 10.6. The van der Waals surface area contributed by atoms with Crippen molar-refractivity contribution in [2.24, 2.45) is 7.05 Å². The molecule has 0 aliphatic carbocycles. The fourth-order valence-electron chi connectivity index (χ4n) is 1.42. The molecule has 0 aliphatic rings. The normalized spacial score (nSPS) is 10.6. The van der Waals surface area contributed by atoms with Crippen molar-refractivity contribution in [2.45, 2.75) is 6.42 Å². The number of aromatic nitrogens is 3. The van der Waals surface area contributed by atoms with Crippen molar-refractivity contribution < 1.29 is 9.90 Å². The Hall–Kier alpha value is -1.91. The SMILES string of the molecule is Cn1ncc2c(CC(=O)O)nccc21. The van der Waals surface area contributed by atoms with Crippen LogP contribution in [0.3, 0.4) is 0 Å². The third kappa shape index (κ3) is 1.32. The summed E-state index contributed by atoms with van der Waals surface area (Å²) in [5.41, 5.74) is 1.46. The summed E-state index contributed by atoms with van der Waals surface area (Å²) in [4.78, 5) is 14.6. The maximum Gasteiger partial charge on any atom is 0.309 e. The first kappa shape index (κ1) is 8.68. The van der Waals surface area contributed by atoms with Gasteiger partial charge < -0.3 is 5.11 Å². The van der Waals surface area contributed by atoms with E-state index in [4.69, 9.17) is 5.11 Å². The molecular weight excluding hydrogens is 182 g/mol. The summed E-state index contributed by atoms with van der Waals surface area (Å²) < 4.78 is 1.70. The van der Waals surface area contributed by atoms with Crippen LogP contribution in [0.5, 0.6) is 0 Å². The Kier molecular flexibility index (Phi) is 1.92. The minimum Gasteiger partial charge on any atom is -0.481 e. The number of carbonyl (C=O) groups is 1. The molecule has 0 saturated heterocycles. The second-order valence-corrected chi connectivity index (χ2v) is 3.03. The number of carboxylic acid groups (broad SMARTS) is 1. The Labute approximate surface area is 80.0 Å². The van der Waals surface area contributed by atoms with Crippen molar-refractivity contribution in [1.29, 1.82) is 0 Å². The van der Waals surface area contributed by atoms with E-state index >= 15 is 0 Å². The molecule has 1 N–H and O–H groups in total. The largest absolute Gasteiger partial charge is 0.481 e. The van der Waals surface area contributed by atoms with E-state index in [9.17, 15) is 4.79 Å². The number of aliphatic carboxylic acids is 1. The molecule has 0 bridgehead atoms. The molecule has 5 nitrogen and oxygen atoms in total. The average Bonchev–Trinajstić information content (AvgIpc) is 2.49. The van der Waals surface area contributed by atoms with Gasteiger partial charge in [0.15, 0.2) is 0 Å². The Morgan fingerprint density at radius 3 is 3.14 bits per heavy atom. The summed E-state index contributed by atoms with van der Waals surface area (Å²) in [5, 5.41) is 13.5. The van der Waals surface area contributed by atoms with Gasteiger partial charge in [-0.15, -0.1) is 0 Å². The average molecular weight is 191 g/mol. The second-order valence-electron chi connectivity index (χ2n) is 3.03. The van der Waals surface area contributed by atoms with Crippen molar-refractivity contribution in [3.8, 4) is 0 Å². The van der Waals surface area contributed by atoms with Crippen LogP contribution in [-0.2, 0) is 18.3 Å². The first-order valence-corrected chi connectivity index (χ1v) is 4.16. The third-order valence-corrected chi connectivity index (χ3v) is 2.08. The van der Waals surface area contributed by atoms with Crippen LogP contribution in [0.2, 0.25) is 0 Å². The Balaban J connectivity index is 2.59. The lowest BCUT2D eigenvalue weighted by atomic mass is 10.2. The molecule has 0 aliphatic heterocycles. The van der Waals surface area contributed by atoms with E-state index in [1.807, 2.05) is 13.1 Å². The summed E-state index contributed by atoms with van der Waals surface area (Å²) >= 11 is 0. The van der Waals surface area contributed by atoms with E-state index in [1.165, 1.54) is 0 Å². The predicted molar refractivity (Wildman–Crippen MR) is 49.8 cm³/mol. The molecule has 14 heavy (non-hydrogen) atoms. The molecule has 0 fully saturated rings. The monoisotopic (exact) mass is 191 g/mol. The molecule has 0 spiro atoms. The lowest BCUT2D eigenvalue weighted by molar-refractivity contribution is -0.136. The van der Waals surface area contributed by atoms with Gasteiger partial charge in [-0.05, 0) is 6.07 Å². The Morgan fingerprint density at radius 1 is 1.64 bits per heavy atom. The van der Waals surface area contributed by atoms with E-state index in [2.05, 4.69) is 10.1 Å². The van der Waals surface area contributed by atoms with Crippen LogP contribution in [0.15, 0.2) is 18.5 Å². The fourth-order valence-corrected chi connectivity index (χ4v) is 1.42. The van der Waals surface area contributed by atoms with E-state index < -0.39 is 5.97 Å². The topological polar surface area (TPSA) is 68.0 Å². The van der Waals surface area contributed by atoms with Gasteiger partial charge in [0.05, 0.1) is 23.8 Å². The summed E-state index contributed by atoms with van der Waals surface area (Å²) in [6.45, 7) is 0. The van der Waals surface area contributed by atoms with Gasteiger partial charge in [-0.25, -0.2) is 0 Å². The lowest BCUT2D eigenvalue weighted by Crippen LogP contribution is -2.02. The summed E-state index contributed by atoms with van der Waals surface area (Å²) in [6.07, 6.45) is 3.17. The van der Waals surface area contributed by atoms with Gasteiger partial charge >= 0.3 is 5.97 Å². The number of hydrogen-bond acceptors (Lipinski definition) is 3. The molecule has 0 amide bonds. The first-order chi connectivity index (χ1) is 6.68. The number of pyridine rings is 1. The third-order valence-electron chi connectivity index (χ3n) is 2.08. The zero-order chi connectivity index (χ0) is 10.1. The number of carboxylic acids is 1. The van der Waals surface area contributed by atoms with Gasteiger partial charge in [-0.2, -0.15) is 5.10 Å². The molecule has 0 aromatic carbocycles. The zero-order valence-electron chi connectivity index (χ0n) is 7.64. The zero-order valence-corrected chi connectivity index (χ0v) is 7.64. The van der Waals surface area contributed by atoms with Gasteiger partial charge in [0.1, 0.15) is 0 Å². The quantitative estimate of drug-likeness (QED) is 0.754. The van der Waals surface area contributed by atoms with Crippen molar-refractivity contribution in [1.82, 2.24) is 14.8 Å². The van der Waals surface area contributed by atoms with Crippen LogP contribution in [0.25, 0.3) is 10.9 Å². The lowest BCUT2D eigenvalue weighted by Gasteiger charge is -1.98. The standard InChI is InChI=1S/C9H9N3O2/c1-12-8-2-3-10-7(4-9(13)14)6(8)5-11-12/h2-3,5H,4H2,1H3,(H,13,14). The first-order valence-electron chi connectivity index (χ1n) is 4.16. The molecule has 0 radical (unpaired) electrons. The minimum absolute atomic E-state index is 0.0664. The van der Waals surface area contributed by atoms with E-state index in [-0.39, 0.29) is 6.42 Å².